The van der Waals surface area contributed by atoms with E-state index in [9.17, 15) is 0 Å². The summed E-state index contributed by atoms with van der Waals surface area (Å²) in [5.41, 5.74) is 0. The van der Waals surface area contributed by atoms with Crippen LogP contribution in [-0.2, 0) is 4.74 Å². The van der Waals surface area contributed by atoms with Crippen LogP contribution in [0.3, 0.4) is 0 Å². The third-order valence-electron chi connectivity index (χ3n) is 1.48. The fraction of sp³-hybridized carbons (Fsp3) is 1.00. The summed E-state index contributed by atoms with van der Waals surface area (Å²) in [5, 5.41) is 0.492. The van der Waals surface area contributed by atoms with Crippen LogP contribution < -0.4 is 0 Å². The van der Waals surface area contributed by atoms with E-state index in [2.05, 4.69) is 19.6 Å². The Labute approximate surface area is 55.8 Å². The third-order valence-corrected chi connectivity index (χ3v) is 1.89. The first-order valence-electron chi connectivity index (χ1n) is 3.08. The molecule has 2 heteroatoms. The lowest BCUT2D eigenvalue weighted by Gasteiger charge is -2.22. The number of ether oxygens (including phenoxy) is 1. The van der Waals surface area contributed by atoms with Crippen LogP contribution in [0.5, 0.6) is 0 Å². The van der Waals surface area contributed by atoms with Gasteiger partial charge in [-0.3, -0.25) is 0 Å². The smallest absolute Gasteiger partial charge is 0.0586 e. The molecule has 2 unspecified atom stereocenters. The first-order chi connectivity index (χ1) is 3.79. The van der Waals surface area contributed by atoms with E-state index in [0.29, 0.717) is 11.4 Å². The van der Waals surface area contributed by atoms with Crippen LogP contribution in [0.25, 0.3) is 0 Å². The summed E-state index contributed by atoms with van der Waals surface area (Å²) in [6, 6.07) is 0. The molecule has 0 aliphatic carbocycles. The Morgan fingerprint density at radius 2 is 2.25 bits per heavy atom. The summed E-state index contributed by atoms with van der Waals surface area (Å²) >= 11 is 4.28. The molecular weight excluding hydrogens is 120 g/mol. The molecule has 0 aromatic heterocycles. The van der Waals surface area contributed by atoms with Crippen molar-refractivity contribution in [2.75, 3.05) is 6.61 Å². The van der Waals surface area contributed by atoms with Gasteiger partial charge in [0.05, 0.1) is 12.7 Å². The maximum absolute atomic E-state index is 5.31. The highest BCUT2D eigenvalue weighted by molar-refractivity contribution is 7.81. The molecule has 48 valence electrons. The van der Waals surface area contributed by atoms with Crippen molar-refractivity contribution in [2.24, 2.45) is 0 Å². The summed E-state index contributed by atoms with van der Waals surface area (Å²) in [4.78, 5) is 0. The van der Waals surface area contributed by atoms with Gasteiger partial charge >= 0.3 is 0 Å². The summed E-state index contributed by atoms with van der Waals surface area (Å²) in [6.07, 6.45) is 2.86. The quantitative estimate of drug-likeness (QED) is 0.491. The molecule has 0 bridgehead atoms. The molecule has 0 aromatic carbocycles. The molecule has 1 aliphatic rings. The Bertz CT molecular complexity index is 56.9. The number of thiol groups is 1. The highest BCUT2D eigenvalue weighted by Crippen LogP contribution is 2.16. The van der Waals surface area contributed by atoms with E-state index in [-0.39, 0.29) is 0 Å². The minimum Gasteiger partial charge on any atom is -0.377 e. The number of hydrogen-bond donors (Lipinski definition) is 1. The van der Waals surface area contributed by atoms with Crippen molar-refractivity contribution >= 4 is 12.6 Å². The summed E-state index contributed by atoms with van der Waals surface area (Å²) in [7, 11) is 0. The van der Waals surface area contributed by atoms with Crippen LogP contribution in [0.15, 0.2) is 0 Å². The predicted molar refractivity (Wildman–Crippen MR) is 37.4 cm³/mol. The zero-order chi connectivity index (χ0) is 5.98. The molecule has 0 amide bonds. The highest BCUT2D eigenvalue weighted by atomic mass is 32.1. The molecule has 8 heavy (non-hydrogen) atoms. The molecule has 1 rings (SSSR count). The molecule has 1 saturated heterocycles. The third kappa shape index (κ3) is 1.67. The van der Waals surface area contributed by atoms with Gasteiger partial charge in [-0.05, 0) is 19.8 Å². The second kappa shape index (κ2) is 2.74. The Hall–Kier alpha value is 0.310. The lowest BCUT2D eigenvalue weighted by molar-refractivity contribution is 0.0327. The van der Waals surface area contributed by atoms with Crippen LogP contribution >= 0.6 is 12.6 Å². The predicted octanol–water partition coefficient (Wildman–Crippen LogP) is 1.48. The van der Waals surface area contributed by atoms with Gasteiger partial charge in [-0.2, -0.15) is 12.6 Å². The molecular formula is C6H12OS. The van der Waals surface area contributed by atoms with E-state index >= 15 is 0 Å². The monoisotopic (exact) mass is 132 g/mol. The van der Waals surface area contributed by atoms with Crippen molar-refractivity contribution in [1.29, 1.82) is 0 Å². The molecule has 0 N–H and O–H groups in total. The van der Waals surface area contributed by atoms with Crippen molar-refractivity contribution in [3.8, 4) is 0 Å². The Balaban J connectivity index is 2.19. The second-order valence-electron chi connectivity index (χ2n) is 2.38. The molecule has 1 heterocycles. The fourth-order valence-corrected chi connectivity index (χ4v) is 1.10. The first kappa shape index (κ1) is 6.43. The van der Waals surface area contributed by atoms with Crippen molar-refractivity contribution in [1.82, 2.24) is 0 Å². The zero-order valence-corrected chi connectivity index (χ0v) is 6.03. The van der Waals surface area contributed by atoms with Gasteiger partial charge in [-0.1, -0.05) is 0 Å². The fourth-order valence-electron chi connectivity index (χ4n) is 0.869. The lowest BCUT2D eigenvalue weighted by atomic mass is 10.1. The average Bonchev–Trinajstić information content (AvgIpc) is 1.77. The molecule has 0 saturated carbocycles. The Kier molecular flexibility index (Phi) is 2.20. The van der Waals surface area contributed by atoms with E-state index in [0.717, 1.165) is 6.61 Å². The van der Waals surface area contributed by atoms with E-state index < -0.39 is 0 Å². The zero-order valence-electron chi connectivity index (χ0n) is 5.13. The summed E-state index contributed by atoms with van der Waals surface area (Å²) in [6.45, 7) is 2.95. The number of rotatable bonds is 0. The van der Waals surface area contributed by atoms with Crippen LogP contribution in [-0.4, -0.2) is 18.0 Å². The van der Waals surface area contributed by atoms with Gasteiger partial charge in [-0.15, -0.1) is 0 Å². The van der Waals surface area contributed by atoms with Gasteiger partial charge < -0.3 is 4.74 Å². The molecule has 1 fully saturated rings. The maximum Gasteiger partial charge on any atom is 0.0586 e. The standard InChI is InChI=1S/C6H12OS/c1-5-2-3-6(8)4-7-5/h5-6,8H,2-4H2,1H3. The molecule has 0 aromatic rings. The van der Waals surface area contributed by atoms with Crippen molar-refractivity contribution in [3.05, 3.63) is 0 Å². The molecule has 2 atom stereocenters. The Morgan fingerprint density at radius 1 is 1.50 bits per heavy atom. The molecule has 1 nitrogen and oxygen atoms in total. The Morgan fingerprint density at radius 3 is 2.62 bits per heavy atom. The number of hydrogen-bond acceptors (Lipinski definition) is 2. The van der Waals surface area contributed by atoms with Crippen molar-refractivity contribution < 1.29 is 4.74 Å². The lowest BCUT2D eigenvalue weighted by Crippen LogP contribution is -2.23. The van der Waals surface area contributed by atoms with E-state index in [1.165, 1.54) is 12.8 Å². The minimum absolute atomic E-state index is 0.471. The second-order valence-corrected chi connectivity index (χ2v) is 3.11. The normalized spacial score (nSPS) is 39.8. The van der Waals surface area contributed by atoms with Crippen LogP contribution in [0, 0.1) is 0 Å². The van der Waals surface area contributed by atoms with Gasteiger partial charge in [0.25, 0.3) is 0 Å². The van der Waals surface area contributed by atoms with Crippen LogP contribution in [0.2, 0.25) is 0 Å². The van der Waals surface area contributed by atoms with E-state index in [1.54, 1.807) is 0 Å². The van der Waals surface area contributed by atoms with Crippen LogP contribution in [0.4, 0.5) is 0 Å². The first-order valence-corrected chi connectivity index (χ1v) is 3.60. The minimum atomic E-state index is 0.471. The van der Waals surface area contributed by atoms with Gasteiger partial charge in [0, 0.05) is 5.25 Å². The SMILES string of the molecule is CC1CCC(S)CO1. The van der Waals surface area contributed by atoms with E-state index in [1.807, 2.05) is 0 Å². The maximum atomic E-state index is 5.31. The summed E-state index contributed by atoms with van der Waals surface area (Å²) in [5.74, 6) is 0. The highest BCUT2D eigenvalue weighted by Gasteiger charge is 2.14. The summed E-state index contributed by atoms with van der Waals surface area (Å²) < 4.78 is 5.31. The topological polar surface area (TPSA) is 9.23 Å². The van der Waals surface area contributed by atoms with Gasteiger partial charge in [0.2, 0.25) is 0 Å². The van der Waals surface area contributed by atoms with Gasteiger partial charge in [0.15, 0.2) is 0 Å². The average molecular weight is 132 g/mol. The van der Waals surface area contributed by atoms with Gasteiger partial charge in [0.1, 0.15) is 0 Å². The molecule has 0 radical (unpaired) electrons. The van der Waals surface area contributed by atoms with Crippen molar-refractivity contribution in [3.63, 3.8) is 0 Å². The molecule has 1 aliphatic heterocycles. The van der Waals surface area contributed by atoms with Gasteiger partial charge in [-0.25, -0.2) is 0 Å². The van der Waals surface area contributed by atoms with Crippen LogP contribution in [0.1, 0.15) is 19.8 Å². The largest absolute Gasteiger partial charge is 0.377 e. The van der Waals surface area contributed by atoms with Crippen molar-refractivity contribution in [2.45, 2.75) is 31.1 Å². The van der Waals surface area contributed by atoms with E-state index in [4.69, 9.17) is 4.74 Å². The molecule has 0 spiro atoms.